The van der Waals surface area contributed by atoms with Crippen LogP contribution < -0.4 is 5.32 Å². The van der Waals surface area contributed by atoms with Gasteiger partial charge in [-0.25, -0.2) is 9.59 Å². The van der Waals surface area contributed by atoms with Crippen LogP contribution in [-0.4, -0.2) is 29.3 Å². The van der Waals surface area contributed by atoms with Crippen molar-refractivity contribution in [1.82, 2.24) is 5.32 Å². The average molecular weight is 259 g/mol. The van der Waals surface area contributed by atoms with Crippen LogP contribution in [0.4, 0.5) is 4.79 Å². The lowest BCUT2D eigenvalue weighted by Crippen LogP contribution is -2.45. The first kappa shape index (κ1) is 16.7. The molecule has 106 valence electrons. The predicted octanol–water partition coefficient (Wildman–Crippen LogP) is 2.63. The molecule has 1 N–H and O–H groups in total. The number of carbonyl (C=O) groups excluding carboxylic acids is 2. The number of rotatable bonds is 3. The van der Waals surface area contributed by atoms with Gasteiger partial charge < -0.3 is 14.8 Å². The molecule has 5 heteroatoms. The van der Waals surface area contributed by atoms with Crippen molar-refractivity contribution in [3.05, 3.63) is 0 Å². The van der Waals surface area contributed by atoms with Gasteiger partial charge in [-0.3, -0.25) is 0 Å². The van der Waals surface area contributed by atoms with Gasteiger partial charge in [0.05, 0.1) is 0 Å². The van der Waals surface area contributed by atoms with Crippen LogP contribution in [0.5, 0.6) is 0 Å². The highest BCUT2D eigenvalue weighted by Gasteiger charge is 2.27. The SMILES string of the molecule is CCC(NC(=O)OC(C)(C)C)C(=O)OC(C)(C)C. The number of nitrogens with one attached hydrogen (secondary N) is 1. The third kappa shape index (κ3) is 7.92. The summed E-state index contributed by atoms with van der Waals surface area (Å²) in [6, 6.07) is -0.681. The summed E-state index contributed by atoms with van der Waals surface area (Å²) in [4.78, 5) is 23.4. The zero-order valence-corrected chi connectivity index (χ0v) is 12.4. The summed E-state index contributed by atoms with van der Waals surface area (Å²) in [7, 11) is 0. The van der Waals surface area contributed by atoms with Crippen LogP contribution in [-0.2, 0) is 14.3 Å². The summed E-state index contributed by atoms with van der Waals surface area (Å²) in [6.45, 7) is 12.4. The minimum absolute atomic E-state index is 0.448. The molecule has 0 rings (SSSR count). The zero-order valence-electron chi connectivity index (χ0n) is 12.4. The molecule has 0 radical (unpaired) electrons. The Morgan fingerprint density at radius 2 is 1.44 bits per heavy atom. The number of hydrogen-bond acceptors (Lipinski definition) is 4. The van der Waals surface area contributed by atoms with E-state index in [9.17, 15) is 9.59 Å². The van der Waals surface area contributed by atoms with Crippen LogP contribution in [0.15, 0.2) is 0 Å². The Labute approximate surface area is 109 Å². The number of amides is 1. The molecule has 0 heterocycles. The maximum atomic E-state index is 11.8. The fourth-order valence-electron chi connectivity index (χ4n) is 1.15. The molecule has 0 aromatic carbocycles. The molecule has 0 aromatic heterocycles. The topological polar surface area (TPSA) is 64.6 Å². The highest BCUT2D eigenvalue weighted by atomic mass is 16.6. The van der Waals surface area contributed by atoms with Gasteiger partial charge in [0.15, 0.2) is 0 Å². The second-order valence-electron chi connectivity index (χ2n) is 6.14. The van der Waals surface area contributed by atoms with Gasteiger partial charge in [-0.15, -0.1) is 0 Å². The van der Waals surface area contributed by atoms with Gasteiger partial charge in [-0.1, -0.05) is 6.92 Å². The Kier molecular flexibility index (Phi) is 5.64. The van der Waals surface area contributed by atoms with Crippen molar-refractivity contribution in [3.8, 4) is 0 Å². The maximum Gasteiger partial charge on any atom is 0.408 e. The normalized spacial score (nSPS) is 13.7. The van der Waals surface area contributed by atoms with Crippen molar-refractivity contribution in [3.63, 3.8) is 0 Å². The number of ether oxygens (including phenoxy) is 2. The van der Waals surface area contributed by atoms with Gasteiger partial charge in [-0.05, 0) is 48.0 Å². The van der Waals surface area contributed by atoms with E-state index in [1.165, 1.54) is 0 Å². The van der Waals surface area contributed by atoms with Crippen LogP contribution >= 0.6 is 0 Å². The lowest BCUT2D eigenvalue weighted by Gasteiger charge is -2.25. The molecule has 0 bridgehead atoms. The van der Waals surface area contributed by atoms with E-state index in [1.54, 1.807) is 48.5 Å². The fourth-order valence-corrected chi connectivity index (χ4v) is 1.15. The standard InChI is InChI=1S/C13H25NO4/c1-8-9(10(15)17-12(2,3)4)14-11(16)18-13(5,6)7/h9H,8H2,1-7H3,(H,14,16). The lowest BCUT2D eigenvalue weighted by molar-refractivity contribution is -0.157. The predicted molar refractivity (Wildman–Crippen MR) is 69.3 cm³/mol. The van der Waals surface area contributed by atoms with Gasteiger partial charge in [0.25, 0.3) is 0 Å². The molecule has 5 nitrogen and oxygen atoms in total. The van der Waals surface area contributed by atoms with Crippen molar-refractivity contribution in [1.29, 1.82) is 0 Å². The summed E-state index contributed by atoms with van der Waals surface area (Å²) in [5, 5.41) is 2.51. The van der Waals surface area contributed by atoms with E-state index < -0.39 is 29.3 Å². The molecule has 18 heavy (non-hydrogen) atoms. The first-order valence-electron chi connectivity index (χ1n) is 6.17. The van der Waals surface area contributed by atoms with Crippen molar-refractivity contribution in [2.45, 2.75) is 72.1 Å². The molecule has 1 amide bonds. The molecule has 0 saturated carbocycles. The van der Waals surface area contributed by atoms with E-state index in [2.05, 4.69) is 5.32 Å². The molecule has 0 saturated heterocycles. The van der Waals surface area contributed by atoms with Crippen LogP contribution in [0.25, 0.3) is 0 Å². The summed E-state index contributed by atoms with van der Waals surface area (Å²) in [6.07, 6.45) is -0.158. The fraction of sp³-hybridized carbons (Fsp3) is 0.846. The Morgan fingerprint density at radius 1 is 1.00 bits per heavy atom. The van der Waals surface area contributed by atoms with E-state index >= 15 is 0 Å². The van der Waals surface area contributed by atoms with Crippen molar-refractivity contribution in [2.75, 3.05) is 0 Å². The van der Waals surface area contributed by atoms with E-state index in [-0.39, 0.29) is 0 Å². The molecule has 1 unspecified atom stereocenters. The molecule has 1 atom stereocenters. The van der Waals surface area contributed by atoms with Gasteiger partial charge in [0.1, 0.15) is 17.2 Å². The summed E-state index contributed by atoms with van der Waals surface area (Å²) in [5.74, 6) is -0.448. The summed E-state index contributed by atoms with van der Waals surface area (Å²) in [5.41, 5.74) is -1.16. The summed E-state index contributed by atoms with van der Waals surface area (Å²) < 4.78 is 10.3. The Balaban J connectivity index is 4.44. The third-order valence-corrected chi connectivity index (χ3v) is 1.79. The second kappa shape index (κ2) is 6.07. The van der Waals surface area contributed by atoms with Crippen LogP contribution in [0, 0.1) is 0 Å². The van der Waals surface area contributed by atoms with Crippen molar-refractivity contribution < 1.29 is 19.1 Å². The second-order valence-corrected chi connectivity index (χ2v) is 6.14. The lowest BCUT2D eigenvalue weighted by atomic mass is 10.1. The maximum absolute atomic E-state index is 11.8. The molecular weight excluding hydrogens is 234 g/mol. The van der Waals surface area contributed by atoms with Crippen LogP contribution in [0.3, 0.4) is 0 Å². The number of alkyl carbamates (subject to hydrolysis) is 1. The van der Waals surface area contributed by atoms with E-state index in [0.29, 0.717) is 6.42 Å². The van der Waals surface area contributed by atoms with Crippen molar-refractivity contribution >= 4 is 12.1 Å². The third-order valence-electron chi connectivity index (χ3n) is 1.79. The largest absolute Gasteiger partial charge is 0.458 e. The van der Waals surface area contributed by atoms with E-state index in [4.69, 9.17) is 9.47 Å². The quantitative estimate of drug-likeness (QED) is 0.791. The highest BCUT2D eigenvalue weighted by molar-refractivity contribution is 5.81. The molecule has 0 fully saturated rings. The van der Waals surface area contributed by atoms with Crippen molar-refractivity contribution in [2.24, 2.45) is 0 Å². The Bertz CT molecular complexity index is 299. The summed E-state index contributed by atoms with van der Waals surface area (Å²) >= 11 is 0. The van der Waals surface area contributed by atoms with Gasteiger partial charge in [0, 0.05) is 0 Å². The average Bonchev–Trinajstić information content (AvgIpc) is 2.07. The molecular formula is C13H25NO4. The monoisotopic (exact) mass is 259 g/mol. The van der Waals surface area contributed by atoms with Gasteiger partial charge in [0.2, 0.25) is 0 Å². The Morgan fingerprint density at radius 3 is 1.78 bits per heavy atom. The molecule has 0 spiro atoms. The van der Waals surface area contributed by atoms with E-state index in [0.717, 1.165) is 0 Å². The highest BCUT2D eigenvalue weighted by Crippen LogP contribution is 2.11. The molecule has 0 aliphatic heterocycles. The minimum Gasteiger partial charge on any atom is -0.458 e. The van der Waals surface area contributed by atoms with E-state index in [1.807, 2.05) is 0 Å². The number of esters is 1. The zero-order chi connectivity index (χ0) is 14.6. The first-order chi connectivity index (χ1) is 7.94. The number of carbonyl (C=O) groups is 2. The molecule has 0 aliphatic rings. The van der Waals surface area contributed by atoms with Gasteiger partial charge >= 0.3 is 12.1 Å². The first-order valence-corrected chi connectivity index (χ1v) is 6.17. The smallest absolute Gasteiger partial charge is 0.408 e. The number of hydrogen-bond donors (Lipinski definition) is 1. The minimum atomic E-state index is -0.681. The Hall–Kier alpha value is -1.26. The molecule has 0 aliphatic carbocycles. The van der Waals surface area contributed by atoms with Gasteiger partial charge in [-0.2, -0.15) is 0 Å². The van der Waals surface area contributed by atoms with Crippen LogP contribution in [0.2, 0.25) is 0 Å². The van der Waals surface area contributed by atoms with Crippen LogP contribution in [0.1, 0.15) is 54.9 Å². The molecule has 0 aromatic rings.